The fourth-order valence-electron chi connectivity index (χ4n) is 1.29. The molecular weight excluding hydrogens is 240 g/mol. The predicted molar refractivity (Wildman–Crippen MR) is 61.2 cm³/mol. The molecule has 2 nitrogen and oxygen atoms in total. The van der Waals surface area contributed by atoms with Crippen LogP contribution in [0.1, 0.15) is 11.3 Å². The zero-order chi connectivity index (χ0) is 10.1. The van der Waals surface area contributed by atoms with Gasteiger partial charge in [0.15, 0.2) is 0 Å². The van der Waals surface area contributed by atoms with Gasteiger partial charge in [0.05, 0.1) is 0 Å². The third-order valence-electron chi connectivity index (χ3n) is 2.15. The van der Waals surface area contributed by atoms with E-state index in [1.54, 1.807) is 0 Å². The van der Waals surface area contributed by atoms with Gasteiger partial charge in [-0.15, -0.1) is 0 Å². The Bertz CT molecular complexity index is 423. The molecule has 0 unspecified atom stereocenters. The second-order valence-electron chi connectivity index (χ2n) is 3.37. The first-order valence-electron chi connectivity index (χ1n) is 4.46. The van der Waals surface area contributed by atoms with Gasteiger partial charge < -0.3 is 4.98 Å². The van der Waals surface area contributed by atoms with Gasteiger partial charge in [0.2, 0.25) is 0 Å². The molecule has 0 saturated carbocycles. The smallest absolute Gasteiger partial charge is 0.138 e. The maximum atomic E-state index is 4.37. The third kappa shape index (κ3) is 1.73. The van der Waals surface area contributed by atoms with Gasteiger partial charge in [-0.05, 0) is 29.8 Å². The van der Waals surface area contributed by atoms with Crippen molar-refractivity contribution in [2.24, 2.45) is 0 Å². The van der Waals surface area contributed by atoms with E-state index in [2.05, 4.69) is 57.1 Å². The van der Waals surface area contributed by atoms with E-state index in [4.69, 9.17) is 0 Å². The van der Waals surface area contributed by atoms with E-state index in [-0.39, 0.29) is 0 Å². The maximum Gasteiger partial charge on any atom is 0.138 e. The van der Waals surface area contributed by atoms with Crippen molar-refractivity contribution in [1.82, 2.24) is 9.97 Å². The van der Waals surface area contributed by atoms with E-state index in [9.17, 15) is 0 Å². The molecule has 0 aliphatic heterocycles. The number of benzene rings is 1. The summed E-state index contributed by atoms with van der Waals surface area (Å²) in [5.41, 5.74) is 3.43. The van der Waals surface area contributed by atoms with Crippen LogP contribution >= 0.6 is 15.9 Å². The van der Waals surface area contributed by atoms with E-state index in [0.717, 1.165) is 21.7 Å². The summed E-state index contributed by atoms with van der Waals surface area (Å²) in [6.45, 7) is 4.07. The first kappa shape index (κ1) is 9.46. The highest BCUT2D eigenvalue weighted by atomic mass is 79.9. The van der Waals surface area contributed by atoms with Crippen LogP contribution in [0.3, 0.4) is 0 Å². The van der Waals surface area contributed by atoms with Crippen LogP contribution in [0.5, 0.6) is 0 Å². The lowest BCUT2D eigenvalue weighted by Gasteiger charge is -1.96. The SMILES string of the molecule is Cc1ccc(-c2nc(Br)c(C)[nH]2)cc1. The van der Waals surface area contributed by atoms with Crippen LogP contribution in [0.15, 0.2) is 28.9 Å². The Balaban J connectivity index is 2.44. The zero-order valence-corrected chi connectivity index (χ0v) is 9.72. The predicted octanol–water partition coefficient (Wildman–Crippen LogP) is 3.46. The number of aromatic nitrogens is 2. The van der Waals surface area contributed by atoms with Crippen LogP contribution < -0.4 is 0 Å². The molecule has 1 heterocycles. The van der Waals surface area contributed by atoms with Gasteiger partial charge in [0, 0.05) is 11.3 Å². The summed E-state index contributed by atoms with van der Waals surface area (Å²) in [5.74, 6) is 0.911. The van der Waals surface area contributed by atoms with Crippen LogP contribution in [0.25, 0.3) is 11.4 Å². The Morgan fingerprint density at radius 3 is 2.29 bits per heavy atom. The van der Waals surface area contributed by atoms with Gasteiger partial charge in [0.1, 0.15) is 10.4 Å². The summed E-state index contributed by atoms with van der Waals surface area (Å²) in [4.78, 5) is 7.59. The number of H-pyrrole nitrogens is 1. The van der Waals surface area contributed by atoms with Gasteiger partial charge in [-0.1, -0.05) is 29.8 Å². The van der Waals surface area contributed by atoms with Gasteiger partial charge in [-0.2, -0.15) is 0 Å². The molecule has 3 heteroatoms. The lowest BCUT2D eigenvalue weighted by Crippen LogP contribution is -1.80. The van der Waals surface area contributed by atoms with Crippen molar-refractivity contribution >= 4 is 15.9 Å². The van der Waals surface area contributed by atoms with E-state index in [0.29, 0.717) is 0 Å². The summed E-state index contributed by atoms with van der Waals surface area (Å²) in [6, 6.07) is 8.31. The number of hydrogen-bond acceptors (Lipinski definition) is 1. The van der Waals surface area contributed by atoms with Crippen LogP contribution in [0.2, 0.25) is 0 Å². The highest BCUT2D eigenvalue weighted by molar-refractivity contribution is 9.10. The lowest BCUT2D eigenvalue weighted by atomic mass is 10.1. The maximum absolute atomic E-state index is 4.37. The van der Waals surface area contributed by atoms with Crippen molar-refractivity contribution in [2.75, 3.05) is 0 Å². The van der Waals surface area contributed by atoms with Crippen LogP contribution in [0.4, 0.5) is 0 Å². The van der Waals surface area contributed by atoms with Crippen molar-refractivity contribution in [3.63, 3.8) is 0 Å². The zero-order valence-electron chi connectivity index (χ0n) is 8.13. The fraction of sp³-hybridized carbons (Fsp3) is 0.182. The normalized spacial score (nSPS) is 10.5. The molecule has 1 aromatic carbocycles. The molecule has 0 amide bonds. The van der Waals surface area contributed by atoms with E-state index in [1.165, 1.54) is 5.56 Å². The Labute approximate surface area is 91.5 Å². The molecule has 72 valence electrons. The van der Waals surface area contributed by atoms with Gasteiger partial charge in [0.25, 0.3) is 0 Å². The van der Waals surface area contributed by atoms with E-state index >= 15 is 0 Å². The molecule has 0 spiro atoms. The number of imidazole rings is 1. The first-order valence-corrected chi connectivity index (χ1v) is 5.25. The topological polar surface area (TPSA) is 28.7 Å². The molecule has 0 aliphatic carbocycles. The molecule has 2 rings (SSSR count). The standard InChI is InChI=1S/C11H11BrN2/c1-7-3-5-9(6-4-7)11-13-8(2)10(12)14-11/h3-6H,1-2H3,(H,13,14). The average Bonchev–Trinajstić information content (AvgIpc) is 2.48. The van der Waals surface area contributed by atoms with Crippen molar-refractivity contribution in [2.45, 2.75) is 13.8 Å². The molecule has 2 aromatic rings. The van der Waals surface area contributed by atoms with Crippen molar-refractivity contribution in [3.8, 4) is 11.4 Å². The molecule has 14 heavy (non-hydrogen) atoms. The minimum atomic E-state index is 0.882. The molecule has 0 bridgehead atoms. The van der Waals surface area contributed by atoms with E-state index in [1.807, 2.05) is 6.92 Å². The van der Waals surface area contributed by atoms with Crippen LogP contribution in [0, 0.1) is 13.8 Å². The van der Waals surface area contributed by atoms with Gasteiger partial charge >= 0.3 is 0 Å². The Hall–Kier alpha value is -1.09. The largest absolute Gasteiger partial charge is 0.341 e. The summed E-state index contributed by atoms with van der Waals surface area (Å²) < 4.78 is 0.882. The molecule has 1 aromatic heterocycles. The number of aryl methyl sites for hydroxylation is 2. The Morgan fingerprint density at radius 1 is 1.14 bits per heavy atom. The van der Waals surface area contributed by atoms with Gasteiger partial charge in [-0.25, -0.2) is 4.98 Å². The number of hydrogen-bond donors (Lipinski definition) is 1. The van der Waals surface area contributed by atoms with Crippen molar-refractivity contribution < 1.29 is 0 Å². The molecule has 1 N–H and O–H groups in total. The Kier molecular flexibility index (Phi) is 2.42. The minimum absolute atomic E-state index is 0.882. The molecule has 0 aliphatic rings. The highest BCUT2D eigenvalue weighted by Gasteiger charge is 2.04. The second-order valence-corrected chi connectivity index (χ2v) is 4.12. The highest BCUT2D eigenvalue weighted by Crippen LogP contribution is 2.21. The minimum Gasteiger partial charge on any atom is -0.341 e. The first-order chi connectivity index (χ1) is 6.66. The number of rotatable bonds is 1. The molecule has 0 fully saturated rings. The second kappa shape index (κ2) is 3.58. The van der Waals surface area contributed by atoms with Crippen molar-refractivity contribution in [1.29, 1.82) is 0 Å². The Morgan fingerprint density at radius 2 is 1.79 bits per heavy atom. The number of nitrogens with zero attached hydrogens (tertiary/aromatic N) is 1. The monoisotopic (exact) mass is 250 g/mol. The summed E-state index contributed by atoms with van der Waals surface area (Å²) in [5, 5.41) is 0. The molecule has 0 radical (unpaired) electrons. The van der Waals surface area contributed by atoms with E-state index < -0.39 is 0 Å². The summed E-state index contributed by atoms with van der Waals surface area (Å²) in [6.07, 6.45) is 0. The quantitative estimate of drug-likeness (QED) is 0.826. The number of halogens is 1. The molecule has 0 atom stereocenters. The van der Waals surface area contributed by atoms with Crippen LogP contribution in [-0.2, 0) is 0 Å². The summed E-state index contributed by atoms with van der Waals surface area (Å²) >= 11 is 3.39. The molecular formula is C11H11BrN2. The number of aromatic amines is 1. The van der Waals surface area contributed by atoms with Crippen molar-refractivity contribution in [3.05, 3.63) is 40.1 Å². The summed E-state index contributed by atoms with van der Waals surface area (Å²) in [7, 11) is 0. The van der Waals surface area contributed by atoms with Crippen LogP contribution in [-0.4, -0.2) is 9.97 Å². The lowest BCUT2D eigenvalue weighted by molar-refractivity contribution is 1.25. The fourth-order valence-corrected chi connectivity index (χ4v) is 1.56. The number of nitrogens with one attached hydrogen (secondary N) is 1. The van der Waals surface area contributed by atoms with Gasteiger partial charge in [-0.3, -0.25) is 0 Å². The average molecular weight is 251 g/mol. The molecule has 0 saturated heterocycles. The third-order valence-corrected chi connectivity index (χ3v) is 2.92.